The molecule has 1 aromatic heterocycles. The van der Waals surface area contributed by atoms with E-state index in [9.17, 15) is 8.42 Å². The number of sulfone groups is 1. The van der Waals surface area contributed by atoms with Crippen LogP contribution in [0.3, 0.4) is 0 Å². The molecular formula is C12H13NO4S. The molecule has 0 bridgehead atoms. The second kappa shape index (κ2) is 4.81. The smallest absolute Gasteiger partial charge is 0.238 e. The summed E-state index contributed by atoms with van der Waals surface area (Å²) in [5.41, 5.74) is 0.941. The maximum Gasteiger partial charge on any atom is 0.238 e. The first kappa shape index (κ1) is 12.6. The van der Waals surface area contributed by atoms with Gasteiger partial charge in [0, 0.05) is 12.7 Å². The molecule has 0 N–H and O–H groups in total. The molecular weight excluding hydrogens is 254 g/mol. The van der Waals surface area contributed by atoms with Crippen LogP contribution in [0.15, 0.2) is 40.0 Å². The molecule has 2 rings (SSSR count). The van der Waals surface area contributed by atoms with Crippen LogP contribution in [0, 0.1) is 0 Å². The summed E-state index contributed by atoms with van der Waals surface area (Å²) in [4.78, 5) is 3.95. The first-order valence-corrected chi connectivity index (χ1v) is 7.16. The molecule has 0 aliphatic rings. The first-order valence-electron chi connectivity index (χ1n) is 5.27. The molecule has 18 heavy (non-hydrogen) atoms. The van der Waals surface area contributed by atoms with Gasteiger partial charge < -0.3 is 9.15 Å². The molecule has 2 aromatic rings. The molecule has 1 aromatic carbocycles. The average Bonchev–Trinajstić information content (AvgIpc) is 2.77. The molecule has 0 amide bonds. The Kier molecular flexibility index (Phi) is 3.38. The Morgan fingerprint density at radius 3 is 2.78 bits per heavy atom. The zero-order valence-electron chi connectivity index (χ0n) is 10.1. The predicted molar refractivity (Wildman–Crippen MR) is 65.4 cm³/mol. The van der Waals surface area contributed by atoms with Crippen LogP contribution in [0.1, 0.15) is 11.5 Å². The number of ether oxygens (including phenoxy) is 1. The monoisotopic (exact) mass is 267 g/mol. The lowest BCUT2D eigenvalue weighted by atomic mass is 10.1. The molecule has 1 heterocycles. The van der Waals surface area contributed by atoms with Gasteiger partial charge in [0.2, 0.25) is 14.9 Å². The second-order valence-electron chi connectivity index (χ2n) is 3.87. The second-order valence-corrected chi connectivity index (χ2v) is 5.82. The van der Waals surface area contributed by atoms with Crippen LogP contribution in [0.2, 0.25) is 0 Å². The lowest BCUT2D eigenvalue weighted by molar-refractivity contribution is 0.410. The van der Waals surface area contributed by atoms with Crippen LogP contribution in [0.5, 0.6) is 5.75 Å². The highest BCUT2D eigenvalue weighted by molar-refractivity contribution is 7.90. The minimum Gasteiger partial charge on any atom is -0.497 e. The largest absolute Gasteiger partial charge is 0.497 e. The SMILES string of the molecule is COc1cccc(Cc2ncc(S(C)(=O)=O)o2)c1. The lowest BCUT2D eigenvalue weighted by Gasteiger charge is -2.01. The van der Waals surface area contributed by atoms with Crippen molar-refractivity contribution in [3.8, 4) is 5.75 Å². The first-order chi connectivity index (χ1) is 8.49. The number of rotatable bonds is 4. The van der Waals surface area contributed by atoms with Crippen molar-refractivity contribution in [1.82, 2.24) is 4.98 Å². The van der Waals surface area contributed by atoms with Crippen molar-refractivity contribution in [2.75, 3.05) is 13.4 Å². The van der Waals surface area contributed by atoms with Crippen molar-refractivity contribution < 1.29 is 17.6 Å². The van der Waals surface area contributed by atoms with Gasteiger partial charge in [-0.05, 0) is 17.7 Å². The minimum absolute atomic E-state index is 0.111. The summed E-state index contributed by atoms with van der Waals surface area (Å²) in [6, 6.07) is 7.44. The van der Waals surface area contributed by atoms with E-state index in [1.807, 2.05) is 24.3 Å². The molecule has 0 saturated heterocycles. The minimum atomic E-state index is -3.34. The molecule has 0 aliphatic carbocycles. The fourth-order valence-electron chi connectivity index (χ4n) is 1.50. The predicted octanol–water partition coefficient (Wildman–Crippen LogP) is 1.68. The van der Waals surface area contributed by atoms with Crippen molar-refractivity contribution in [3.05, 3.63) is 41.9 Å². The highest BCUT2D eigenvalue weighted by atomic mass is 32.2. The Bertz CT molecular complexity index is 646. The van der Waals surface area contributed by atoms with Crippen molar-refractivity contribution in [2.24, 2.45) is 0 Å². The molecule has 6 heteroatoms. The molecule has 0 spiro atoms. The molecule has 0 radical (unpaired) electrons. The normalized spacial score (nSPS) is 11.4. The summed E-state index contributed by atoms with van der Waals surface area (Å²) >= 11 is 0. The van der Waals surface area contributed by atoms with Crippen LogP contribution in [-0.2, 0) is 16.3 Å². The number of aromatic nitrogens is 1. The third-order valence-electron chi connectivity index (χ3n) is 2.39. The molecule has 0 saturated carbocycles. The van der Waals surface area contributed by atoms with Gasteiger partial charge in [-0.25, -0.2) is 13.4 Å². The van der Waals surface area contributed by atoms with E-state index in [0.717, 1.165) is 17.6 Å². The van der Waals surface area contributed by atoms with Crippen LogP contribution in [0.4, 0.5) is 0 Å². The van der Waals surface area contributed by atoms with Gasteiger partial charge in [0.25, 0.3) is 0 Å². The number of hydrogen-bond donors (Lipinski definition) is 0. The molecule has 0 unspecified atom stereocenters. The zero-order valence-corrected chi connectivity index (χ0v) is 10.9. The average molecular weight is 267 g/mol. The van der Waals surface area contributed by atoms with Crippen LogP contribution in [-0.4, -0.2) is 26.8 Å². The van der Waals surface area contributed by atoms with Crippen molar-refractivity contribution in [2.45, 2.75) is 11.5 Å². The third-order valence-corrected chi connectivity index (χ3v) is 3.31. The lowest BCUT2D eigenvalue weighted by Crippen LogP contribution is -1.94. The van der Waals surface area contributed by atoms with E-state index >= 15 is 0 Å². The number of hydrogen-bond acceptors (Lipinski definition) is 5. The Balaban J connectivity index is 2.21. The summed E-state index contributed by atoms with van der Waals surface area (Å²) in [7, 11) is -1.75. The number of benzene rings is 1. The fourth-order valence-corrected chi connectivity index (χ4v) is 2.00. The van der Waals surface area contributed by atoms with Gasteiger partial charge in [-0.1, -0.05) is 12.1 Å². The number of nitrogens with zero attached hydrogens (tertiary/aromatic N) is 1. The van der Waals surface area contributed by atoms with E-state index in [-0.39, 0.29) is 5.09 Å². The van der Waals surface area contributed by atoms with Gasteiger partial charge >= 0.3 is 0 Å². The summed E-state index contributed by atoms with van der Waals surface area (Å²) in [5.74, 6) is 1.10. The van der Waals surface area contributed by atoms with Gasteiger partial charge in [-0.15, -0.1) is 0 Å². The van der Waals surface area contributed by atoms with Gasteiger partial charge in [0.15, 0.2) is 5.89 Å². The molecule has 96 valence electrons. The molecule has 5 nitrogen and oxygen atoms in total. The van der Waals surface area contributed by atoms with E-state index in [0.29, 0.717) is 12.3 Å². The van der Waals surface area contributed by atoms with Crippen LogP contribution >= 0.6 is 0 Å². The number of oxazole rings is 1. The third kappa shape index (κ3) is 2.89. The summed E-state index contributed by atoms with van der Waals surface area (Å²) in [6.07, 6.45) is 2.74. The number of methoxy groups -OCH3 is 1. The quantitative estimate of drug-likeness (QED) is 0.843. The van der Waals surface area contributed by atoms with Gasteiger partial charge in [-0.2, -0.15) is 0 Å². The van der Waals surface area contributed by atoms with Gasteiger partial charge in [-0.3, -0.25) is 0 Å². The standard InChI is InChI=1S/C12H13NO4S/c1-16-10-5-3-4-9(6-10)7-11-13-8-12(17-11)18(2,14)15/h3-6,8H,7H2,1-2H3. The fraction of sp³-hybridized carbons (Fsp3) is 0.250. The Morgan fingerprint density at radius 2 is 2.17 bits per heavy atom. The van der Waals surface area contributed by atoms with Gasteiger partial charge in [0.05, 0.1) is 13.3 Å². The Hall–Kier alpha value is -1.82. The Labute approximate surface area is 105 Å². The molecule has 0 atom stereocenters. The van der Waals surface area contributed by atoms with Crippen molar-refractivity contribution in [1.29, 1.82) is 0 Å². The van der Waals surface area contributed by atoms with Crippen LogP contribution < -0.4 is 4.74 Å². The van der Waals surface area contributed by atoms with Crippen LogP contribution in [0.25, 0.3) is 0 Å². The highest BCUT2D eigenvalue weighted by Gasteiger charge is 2.14. The van der Waals surface area contributed by atoms with Crippen molar-refractivity contribution >= 4 is 9.84 Å². The van der Waals surface area contributed by atoms with E-state index in [4.69, 9.17) is 9.15 Å². The van der Waals surface area contributed by atoms with Gasteiger partial charge in [0.1, 0.15) is 5.75 Å². The topological polar surface area (TPSA) is 69.4 Å². The van der Waals surface area contributed by atoms with E-state index in [1.54, 1.807) is 7.11 Å². The summed E-state index contributed by atoms with van der Waals surface area (Å²) < 4.78 is 32.8. The Morgan fingerprint density at radius 1 is 1.39 bits per heavy atom. The maximum atomic E-state index is 11.2. The van der Waals surface area contributed by atoms with E-state index < -0.39 is 9.84 Å². The maximum absolute atomic E-state index is 11.2. The summed E-state index contributed by atoms with van der Waals surface area (Å²) in [6.45, 7) is 0. The van der Waals surface area contributed by atoms with E-state index in [2.05, 4.69) is 4.98 Å². The van der Waals surface area contributed by atoms with Crippen molar-refractivity contribution in [3.63, 3.8) is 0 Å². The highest BCUT2D eigenvalue weighted by Crippen LogP contribution is 2.17. The summed E-state index contributed by atoms with van der Waals surface area (Å²) in [5, 5.41) is -0.111. The van der Waals surface area contributed by atoms with E-state index in [1.165, 1.54) is 6.20 Å². The molecule has 0 fully saturated rings. The molecule has 0 aliphatic heterocycles. The zero-order chi connectivity index (χ0) is 13.2.